The minimum Gasteiger partial charge on any atom is -0.370 e. The Bertz CT molecular complexity index is 448. The lowest BCUT2D eigenvalue weighted by Crippen LogP contribution is -2.51. The summed E-state index contributed by atoms with van der Waals surface area (Å²) >= 11 is 0. The minimum absolute atomic E-state index is 0.240. The van der Waals surface area contributed by atoms with Gasteiger partial charge in [0.05, 0.1) is 11.9 Å². The van der Waals surface area contributed by atoms with E-state index in [4.69, 9.17) is 0 Å². The fraction of sp³-hybridized carbons (Fsp3) is 0.722. The molecule has 2 rings (SSSR count). The molecule has 0 saturated carbocycles. The first-order valence-corrected chi connectivity index (χ1v) is 8.20. The van der Waals surface area contributed by atoms with Gasteiger partial charge >= 0.3 is 0 Å². The second-order valence-electron chi connectivity index (χ2n) is 7.43. The molecule has 1 saturated heterocycles. The average Bonchev–Trinajstić information content (AvgIpc) is 2.47. The lowest BCUT2D eigenvalue weighted by atomic mass is 9.80. The SMILES string of the molecule is CC(C)c1ccc(N2CCC[C@@H](C(C)(C)N(C)C)C2)cn1. The Morgan fingerprint density at radius 1 is 1.29 bits per heavy atom. The summed E-state index contributed by atoms with van der Waals surface area (Å²) in [7, 11) is 4.38. The second-order valence-corrected chi connectivity index (χ2v) is 7.43. The quantitative estimate of drug-likeness (QED) is 0.841. The minimum atomic E-state index is 0.240. The predicted molar refractivity (Wildman–Crippen MR) is 91.0 cm³/mol. The van der Waals surface area contributed by atoms with E-state index in [2.05, 4.69) is 74.9 Å². The Balaban J connectivity index is 2.10. The number of piperidine rings is 1. The molecule has 1 fully saturated rings. The van der Waals surface area contributed by atoms with E-state index in [0.29, 0.717) is 11.8 Å². The summed E-state index contributed by atoms with van der Waals surface area (Å²) in [5.41, 5.74) is 2.70. The molecule has 3 heteroatoms. The summed E-state index contributed by atoms with van der Waals surface area (Å²) in [5.74, 6) is 1.20. The second kappa shape index (κ2) is 6.35. The molecule has 0 unspecified atom stereocenters. The maximum Gasteiger partial charge on any atom is 0.0553 e. The van der Waals surface area contributed by atoms with Crippen molar-refractivity contribution < 1.29 is 0 Å². The van der Waals surface area contributed by atoms with E-state index in [1.54, 1.807) is 0 Å². The monoisotopic (exact) mass is 289 g/mol. The number of rotatable bonds is 4. The largest absolute Gasteiger partial charge is 0.370 e. The first-order valence-electron chi connectivity index (χ1n) is 8.20. The molecular weight excluding hydrogens is 258 g/mol. The van der Waals surface area contributed by atoms with Crippen LogP contribution in [0.25, 0.3) is 0 Å². The standard InChI is InChI=1S/C18H31N3/c1-14(2)17-10-9-16(12-19-17)21-11-7-8-15(13-21)18(3,4)20(5)6/h9-10,12,14-15H,7-8,11,13H2,1-6H3/t15-/m1/s1. The topological polar surface area (TPSA) is 19.4 Å². The maximum absolute atomic E-state index is 4.62. The van der Waals surface area contributed by atoms with Gasteiger partial charge in [-0.15, -0.1) is 0 Å². The Kier molecular flexibility index (Phi) is 4.92. The van der Waals surface area contributed by atoms with Gasteiger partial charge in [0.25, 0.3) is 0 Å². The summed E-state index contributed by atoms with van der Waals surface area (Å²) in [5, 5.41) is 0. The van der Waals surface area contributed by atoms with Crippen LogP contribution in [0.3, 0.4) is 0 Å². The van der Waals surface area contributed by atoms with Gasteiger partial charge in [-0.2, -0.15) is 0 Å². The van der Waals surface area contributed by atoms with Crippen molar-refractivity contribution in [1.29, 1.82) is 0 Å². The van der Waals surface area contributed by atoms with Crippen LogP contribution in [0.4, 0.5) is 5.69 Å². The lowest BCUT2D eigenvalue weighted by Gasteiger charge is -2.45. The highest BCUT2D eigenvalue weighted by Crippen LogP contribution is 2.32. The van der Waals surface area contributed by atoms with Crippen LogP contribution in [0.5, 0.6) is 0 Å². The van der Waals surface area contributed by atoms with E-state index < -0.39 is 0 Å². The van der Waals surface area contributed by atoms with Gasteiger partial charge in [0.1, 0.15) is 0 Å². The number of anilines is 1. The van der Waals surface area contributed by atoms with Gasteiger partial charge in [-0.1, -0.05) is 13.8 Å². The summed E-state index contributed by atoms with van der Waals surface area (Å²) < 4.78 is 0. The van der Waals surface area contributed by atoms with Crippen LogP contribution in [-0.4, -0.2) is 42.6 Å². The number of aromatic nitrogens is 1. The molecular formula is C18H31N3. The van der Waals surface area contributed by atoms with Gasteiger partial charge in [-0.05, 0) is 64.8 Å². The summed E-state index contributed by atoms with van der Waals surface area (Å²) in [6, 6.07) is 4.42. The van der Waals surface area contributed by atoms with Crippen molar-refractivity contribution in [1.82, 2.24) is 9.88 Å². The lowest BCUT2D eigenvalue weighted by molar-refractivity contribution is 0.104. The molecule has 1 atom stereocenters. The van der Waals surface area contributed by atoms with Gasteiger partial charge in [-0.25, -0.2) is 0 Å². The first-order chi connectivity index (χ1) is 9.82. The van der Waals surface area contributed by atoms with Crippen molar-refractivity contribution in [3.8, 4) is 0 Å². The van der Waals surface area contributed by atoms with Gasteiger partial charge in [0.2, 0.25) is 0 Å². The van der Waals surface area contributed by atoms with Crippen LogP contribution in [0.2, 0.25) is 0 Å². The van der Waals surface area contributed by atoms with Crippen molar-refractivity contribution >= 4 is 5.69 Å². The highest BCUT2D eigenvalue weighted by atomic mass is 15.2. The fourth-order valence-corrected chi connectivity index (χ4v) is 3.08. The summed E-state index contributed by atoms with van der Waals surface area (Å²) in [6.07, 6.45) is 4.65. The Hall–Kier alpha value is -1.09. The molecule has 0 amide bonds. The zero-order valence-electron chi connectivity index (χ0n) is 14.6. The van der Waals surface area contributed by atoms with Crippen LogP contribution < -0.4 is 4.90 Å². The van der Waals surface area contributed by atoms with Gasteiger partial charge in [0.15, 0.2) is 0 Å². The van der Waals surface area contributed by atoms with Crippen molar-refractivity contribution in [2.24, 2.45) is 5.92 Å². The molecule has 21 heavy (non-hydrogen) atoms. The van der Waals surface area contributed by atoms with Crippen LogP contribution in [0.15, 0.2) is 18.3 Å². The Morgan fingerprint density at radius 2 is 2.00 bits per heavy atom. The van der Waals surface area contributed by atoms with E-state index in [0.717, 1.165) is 13.1 Å². The zero-order valence-corrected chi connectivity index (χ0v) is 14.6. The van der Waals surface area contributed by atoms with E-state index in [-0.39, 0.29) is 5.54 Å². The van der Waals surface area contributed by atoms with Crippen LogP contribution >= 0.6 is 0 Å². The molecule has 0 N–H and O–H groups in total. The normalized spacial score (nSPS) is 20.4. The number of pyridine rings is 1. The predicted octanol–water partition coefficient (Wildman–Crippen LogP) is 3.76. The number of nitrogens with zero attached hydrogens (tertiary/aromatic N) is 3. The average molecular weight is 289 g/mol. The highest BCUT2D eigenvalue weighted by Gasteiger charge is 2.34. The molecule has 0 aliphatic carbocycles. The molecule has 0 bridgehead atoms. The third-order valence-corrected chi connectivity index (χ3v) is 5.30. The molecule has 1 aromatic heterocycles. The maximum atomic E-state index is 4.62. The van der Waals surface area contributed by atoms with Crippen molar-refractivity contribution in [3.05, 3.63) is 24.0 Å². The number of hydrogen-bond donors (Lipinski definition) is 0. The van der Waals surface area contributed by atoms with Gasteiger partial charge < -0.3 is 9.80 Å². The van der Waals surface area contributed by atoms with Crippen molar-refractivity contribution in [3.63, 3.8) is 0 Å². The number of hydrogen-bond acceptors (Lipinski definition) is 3. The van der Waals surface area contributed by atoms with Crippen molar-refractivity contribution in [2.45, 2.75) is 52.0 Å². The molecule has 0 radical (unpaired) electrons. The molecule has 1 aliphatic rings. The molecule has 0 spiro atoms. The molecule has 0 aromatic carbocycles. The molecule has 118 valence electrons. The van der Waals surface area contributed by atoms with E-state index >= 15 is 0 Å². The smallest absolute Gasteiger partial charge is 0.0553 e. The van der Waals surface area contributed by atoms with E-state index in [1.165, 1.54) is 24.2 Å². The molecule has 1 aliphatic heterocycles. The summed E-state index contributed by atoms with van der Waals surface area (Å²) in [6.45, 7) is 11.4. The third kappa shape index (κ3) is 3.57. The van der Waals surface area contributed by atoms with Crippen LogP contribution in [0.1, 0.15) is 52.1 Å². The van der Waals surface area contributed by atoms with E-state index in [9.17, 15) is 0 Å². The van der Waals surface area contributed by atoms with Gasteiger partial charge in [-0.3, -0.25) is 4.98 Å². The zero-order chi connectivity index (χ0) is 15.6. The first kappa shape index (κ1) is 16.3. The molecule has 3 nitrogen and oxygen atoms in total. The van der Waals surface area contributed by atoms with Crippen molar-refractivity contribution in [2.75, 3.05) is 32.1 Å². The highest BCUT2D eigenvalue weighted by molar-refractivity contribution is 5.45. The fourth-order valence-electron chi connectivity index (χ4n) is 3.08. The van der Waals surface area contributed by atoms with E-state index in [1.807, 2.05) is 0 Å². The van der Waals surface area contributed by atoms with Gasteiger partial charge in [0, 0.05) is 24.3 Å². The Labute approximate surface area is 130 Å². The third-order valence-electron chi connectivity index (χ3n) is 5.30. The van der Waals surface area contributed by atoms with Crippen LogP contribution in [0, 0.1) is 5.92 Å². The Morgan fingerprint density at radius 3 is 2.52 bits per heavy atom. The van der Waals surface area contributed by atoms with Crippen LogP contribution in [-0.2, 0) is 0 Å². The molecule has 1 aromatic rings. The summed E-state index contributed by atoms with van der Waals surface area (Å²) in [4.78, 5) is 9.50. The molecule has 2 heterocycles.